The molecule has 0 aliphatic rings. The Morgan fingerprint density at radius 3 is 2.67 bits per heavy atom. The van der Waals surface area contributed by atoms with Crippen LogP contribution < -0.4 is 11.5 Å². The van der Waals surface area contributed by atoms with Crippen molar-refractivity contribution in [1.82, 2.24) is 9.55 Å². The normalized spacial score (nSPS) is 13.1. The molecular weight excluding hydrogens is 252 g/mol. The largest absolute Gasteiger partial charge is 0.369 e. The van der Waals surface area contributed by atoms with Crippen LogP contribution in [0.25, 0.3) is 11.0 Å². The van der Waals surface area contributed by atoms with Gasteiger partial charge in [0.15, 0.2) is 0 Å². The van der Waals surface area contributed by atoms with Gasteiger partial charge in [-0.1, -0.05) is 31.5 Å². The molecule has 1 unspecified atom stereocenters. The van der Waals surface area contributed by atoms with Crippen LogP contribution in [0, 0.1) is 5.92 Å². The van der Waals surface area contributed by atoms with Crippen LogP contribution in [0.3, 0.4) is 0 Å². The lowest BCUT2D eigenvalue weighted by Gasteiger charge is -2.21. The van der Waals surface area contributed by atoms with Gasteiger partial charge in [-0.05, 0) is 18.1 Å². The molecule has 6 heteroatoms. The van der Waals surface area contributed by atoms with E-state index in [-0.39, 0.29) is 11.9 Å². The fraction of sp³-hybridized carbons (Fsp3) is 0.333. The zero-order valence-electron chi connectivity index (χ0n) is 10.2. The maximum absolute atomic E-state index is 11.6. The van der Waals surface area contributed by atoms with Crippen molar-refractivity contribution in [3.8, 4) is 0 Å². The third-order valence-corrected chi connectivity index (χ3v) is 3.19. The zero-order valence-corrected chi connectivity index (χ0v) is 11.0. The minimum Gasteiger partial charge on any atom is -0.369 e. The molecule has 0 fully saturated rings. The molecule has 1 atom stereocenters. The van der Waals surface area contributed by atoms with Crippen LogP contribution in [0.2, 0.25) is 5.02 Å². The smallest absolute Gasteiger partial charge is 0.240 e. The highest BCUT2D eigenvalue weighted by molar-refractivity contribution is 6.35. The van der Waals surface area contributed by atoms with Crippen LogP contribution in [-0.4, -0.2) is 15.5 Å². The number of hydrogen-bond acceptors (Lipinski definition) is 3. The number of rotatable bonds is 3. The number of fused-ring (bicyclic) bond motifs is 1. The number of imidazole rings is 1. The standard InChI is InChI=1S/C12H15ClN4O/c1-6(2)9(11(14)18)17-10-7(13)4-3-5-8(10)16-12(17)15/h3-6,9H,1-2H3,(H2,14,18)(H2,15,16). The second kappa shape index (κ2) is 4.49. The summed E-state index contributed by atoms with van der Waals surface area (Å²) in [5.41, 5.74) is 12.6. The molecule has 0 saturated heterocycles. The molecule has 2 rings (SSSR count). The minimum atomic E-state index is -0.560. The molecule has 1 aromatic heterocycles. The minimum absolute atomic E-state index is 0.00141. The van der Waals surface area contributed by atoms with E-state index in [2.05, 4.69) is 4.98 Å². The van der Waals surface area contributed by atoms with Gasteiger partial charge in [-0.3, -0.25) is 9.36 Å². The van der Waals surface area contributed by atoms with E-state index in [9.17, 15) is 4.79 Å². The van der Waals surface area contributed by atoms with Gasteiger partial charge in [0.05, 0.1) is 16.1 Å². The maximum Gasteiger partial charge on any atom is 0.240 e. The Kier molecular flexibility index (Phi) is 3.17. The number of anilines is 1. The second-order valence-electron chi connectivity index (χ2n) is 4.54. The van der Waals surface area contributed by atoms with Crippen LogP contribution in [0.15, 0.2) is 18.2 Å². The number of halogens is 1. The predicted molar refractivity (Wildman–Crippen MR) is 72.2 cm³/mol. The average Bonchev–Trinajstić information content (AvgIpc) is 2.56. The summed E-state index contributed by atoms with van der Waals surface area (Å²) >= 11 is 6.16. The first-order chi connectivity index (χ1) is 8.43. The number of carbonyl (C=O) groups excluding carboxylic acids is 1. The predicted octanol–water partition coefficient (Wildman–Crippen LogP) is 1.95. The first kappa shape index (κ1) is 12.7. The second-order valence-corrected chi connectivity index (χ2v) is 4.95. The Bertz CT molecular complexity index is 605. The molecule has 0 radical (unpaired) electrons. The topological polar surface area (TPSA) is 86.9 Å². The zero-order chi connectivity index (χ0) is 13.4. The monoisotopic (exact) mass is 266 g/mol. The molecule has 0 spiro atoms. The maximum atomic E-state index is 11.6. The van der Waals surface area contributed by atoms with Gasteiger partial charge < -0.3 is 11.5 Å². The molecule has 1 heterocycles. The summed E-state index contributed by atoms with van der Waals surface area (Å²) in [6, 6.07) is 4.76. The fourth-order valence-corrected chi connectivity index (χ4v) is 2.42. The van der Waals surface area contributed by atoms with E-state index in [0.717, 1.165) is 0 Å². The molecule has 0 saturated carbocycles. The van der Waals surface area contributed by atoms with Crippen molar-refractivity contribution in [2.75, 3.05) is 5.73 Å². The number of benzene rings is 1. The summed E-state index contributed by atoms with van der Waals surface area (Å²) < 4.78 is 1.62. The van der Waals surface area contributed by atoms with Crippen molar-refractivity contribution >= 4 is 34.5 Å². The van der Waals surface area contributed by atoms with Gasteiger partial charge in [-0.2, -0.15) is 0 Å². The van der Waals surface area contributed by atoms with Gasteiger partial charge >= 0.3 is 0 Å². The van der Waals surface area contributed by atoms with Gasteiger partial charge in [-0.15, -0.1) is 0 Å². The molecule has 0 bridgehead atoms. The van der Waals surface area contributed by atoms with Crippen molar-refractivity contribution in [1.29, 1.82) is 0 Å². The first-order valence-corrected chi connectivity index (χ1v) is 6.02. The first-order valence-electron chi connectivity index (χ1n) is 5.64. The number of amides is 1. The molecule has 4 N–H and O–H groups in total. The molecule has 2 aromatic rings. The number of hydrogen-bond donors (Lipinski definition) is 2. The molecule has 0 aliphatic carbocycles. The molecule has 1 amide bonds. The van der Waals surface area contributed by atoms with E-state index in [1.54, 1.807) is 22.8 Å². The van der Waals surface area contributed by atoms with Gasteiger partial charge in [0.25, 0.3) is 0 Å². The molecular formula is C12H15ClN4O. The van der Waals surface area contributed by atoms with Crippen LogP contribution in [-0.2, 0) is 4.79 Å². The fourth-order valence-electron chi connectivity index (χ4n) is 2.16. The highest BCUT2D eigenvalue weighted by Gasteiger charge is 2.26. The van der Waals surface area contributed by atoms with Crippen LogP contribution >= 0.6 is 11.6 Å². The summed E-state index contributed by atoms with van der Waals surface area (Å²) in [7, 11) is 0. The van der Waals surface area contributed by atoms with Crippen molar-refractivity contribution in [3.05, 3.63) is 23.2 Å². The summed E-state index contributed by atoms with van der Waals surface area (Å²) in [4.78, 5) is 15.8. The summed E-state index contributed by atoms with van der Waals surface area (Å²) in [6.45, 7) is 3.80. The van der Waals surface area contributed by atoms with Crippen LogP contribution in [0.4, 0.5) is 5.95 Å². The molecule has 96 valence electrons. The Morgan fingerprint density at radius 1 is 1.44 bits per heavy atom. The van der Waals surface area contributed by atoms with E-state index in [1.807, 2.05) is 13.8 Å². The third-order valence-electron chi connectivity index (χ3n) is 2.89. The van der Waals surface area contributed by atoms with Crippen molar-refractivity contribution in [2.45, 2.75) is 19.9 Å². The van der Waals surface area contributed by atoms with Gasteiger partial charge in [0.1, 0.15) is 6.04 Å². The highest BCUT2D eigenvalue weighted by Crippen LogP contribution is 2.31. The Labute approximate surface area is 110 Å². The number of primary amides is 1. The van der Waals surface area contributed by atoms with Gasteiger partial charge in [0.2, 0.25) is 11.9 Å². The molecule has 0 aliphatic heterocycles. The number of carbonyl (C=O) groups is 1. The molecule has 5 nitrogen and oxygen atoms in total. The lowest BCUT2D eigenvalue weighted by atomic mass is 10.0. The number of aromatic nitrogens is 2. The molecule has 18 heavy (non-hydrogen) atoms. The van der Waals surface area contributed by atoms with E-state index in [0.29, 0.717) is 16.1 Å². The lowest BCUT2D eigenvalue weighted by Crippen LogP contribution is -2.31. The van der Waals surface area contributed by atoms with E-state index in [1.165, 1.54) is 0 Å². The van der Waals surface area contributed by atoms with Crippen molar-refractivity contribution in [2.24, 2.45) is 11.7 Å². The summed E-state index contributed by atoms with van der Waals surface area (Å²) in [5.74, 6) is -0.204. The van der Waals surface area contributed by atoms with Crippen LogP contribution in [0.5, 0.6) is 0 Å². The third kappa shape index (κ3) is 1.90. The SMILES string of the molecule is CC(C)C(C(N)=O)n1c(N)nc2cccc(Cl)c21. The Morgan fingerprint density at radius 2 is 2.11 bits per heavy atom. The van der Waals surface area contributed by atoms with E-state index in [4.69, 9.17) is 23.1 Å². The van der Waals surface area contributed by atoms with Crippen molar-refractivity contribution in [3.63, 3.8) is 0 Å². The molecule has 1 aromatic carbocycles. The van der Waals surface area contributed by atoms with Gasteiger partial charge in [0, 0.05) is 0 Å². The Hall–Kier alpha value is -1.75. The number of para-hydroxylation sites is 1. The number of nitrogens with two attached hydrogens (primary N) is 2. The lowest BCUT2D eigenvalue weighted by molar-refractivity contribution is -0.122. The van der Waals surface area contributed by atoms with E-state index >= 15 is 0 Å². The number of nitrogen functional groups attached to an aromatic ring is 1. The highest BCUT2D eigenvalue weighted by atomic mass is 35.5. The van der Waals surface area contributed by atoms with Gasteiger partial charge in [-0.25, -0.2) is 4.98 Å². The number of nitrogens with zero attached hydrogens (tertiary/aromatic N) is 2. The average molecular weight is 267 g/mol. The van der Waals surface area contributed by atoms with E-state index < -0.39 is 11.9 Å². The summed E-state index contributed by atoms with van der Waals surface area (Å²) in [6.07, 6.45) is 0. The van der Waals surface area contributed by atoms with Crippen LogP contribution in [0.1, 0.15) is 19.9 Å². The summed E-state index contributed by atoms with van der Waals surface area (Å²) in [5, 5.41) is 0.503. The quantitative estimate of drug-likeness (QED) is 0.890. The van der Waals surface area contributed by atoms with Crippen molar-refractivity contribution < 1.29 is 4.79 Å². The Balaban J connectivity index is 2.76.